The number of rotatable bonds is 3. The highest BCUT2D eigenvalue weighted by atomic mass is 32.2. The first-order valence-corrected chi connectivity index (χ1v) is 6.14. The van der Waals surface area contributed by atoms with E-state index in [4.69, 9.17) is 5.21 Å². The molecule has 0 aliphatic rings. The van der Waals surface area contributed by atoms with Crippen molar-refractivity contribution < 1.29 is 5.21 Å². The smallest absolute Gasteiger partial charge is 0.0848 e. The number of hydrogen-bond acceptors (Lipinski definition) is 3. The molecule has 0 fully saturated rings. The Morgan fingerprint density at radius 3 is 2.35 bits per heavy atom. The van der Waals surface area contributed by atoms with Gasteiger partial charge in [-0.1, -0.05) is 53.3 Å². The largest absolute Gasteiger partial charge is 0.411 e. The summed E-state index contributed by atoms with van der Waals surface area (Å²) in [7, 11) is 0. The van der Waals surface area contributed by atoms with Gasteiger partial charge in [-0.05, 0) is 25.1 Å². The first-order valence-electron chi connectivity index (χ1n) is 5.32. The van der Waals surface area contributed by atoms with Crippen LogP contribution in [0, 0.1) is 0 Å². The molecule has 2 nitrogen and oxygen atoms in total. The van der Waals surface area contributed by atoms with Gasteiger partial charge in [0.05, 0.1) is 5.71 Å². The third-order valence-electron chi connectivity index (χ3n) is 2.40. The third kappa shape index (κ3) is 2.88. The van der Waals surface area contributed by atoms with E-state index in [1.165, 1.54) is 4.90 Å². The summed E-state index contributed by atoms with van der Waals surface area (Å²) in [4.78, 5) is 2.26. The number of benzene rings is 2. The molecule has 0 atom stereocenters. The molecule has 0 unspecified atom stereocenters. The van der Waals surface area contributed by atoms with Crippen LogP contribution >= 0.6 is 11.8 Å². The lowest BCUT2D eigenvalue weighted by Crippen LogP contribution is -1.96. The van der Waals surface area contributed by atoms with Crippen molar-refractivity contribution in [2.45, 2.75) is 16.7 Å². The van der Waals surface area contributed by atoms with Crippen LogP contribution < -0.4 is 0 Å². The van der Waals surface area contributed by atoms with Crippen molar-refractivity contribution >= 4 is 17.5 Å². The summed E-state index contributed by atoms with van der Waals surface area (Å²) >= 11 is 1.67. The highest BCUT2D eigenvalue weighted by molar-refractivity contribution is 7.99. The van der Waals surface area contributed by atoms with E-state index in [1.54, 1.807) is 18.7 Å². The molecule has 3 heteroatoms. The van der Waals surface area contributed by atoms with Gasteiger partial charge in [-0.2, -0.15) is 0 Å². The molecule has 2 rings (SSSR count). The lowest BCUT2D eigenvalue weighted by molar-refractivity contribution is 0.319. The summed E-state index contributed by atoms with van der Waals surface area (Å²) in [6.45, 7) is 1.80. The summed E-state index contributed by atoms with van der Waals surface area (Å²) in [5, 5.41) is 12.1. The molecule has 0 aromatic heterocycles. The fourth-order valence-electron chi connectivity index (χ4n) is 1.52. The predicted molar refractivity (Wildman–Crippen MR) is 71.0 cm³/mol. The van der Waals surface area contributed by atoms with Gasteiger partial charge in [-0.25, -0.2) is 0 Å². The highest BCUT2D eigenvalue weighted by Crippen LogP contribution is 2.30. The maximum absolute atomic E-state index is 8.86. The van der Waals surface area contributed by atoms with E-state index in [9.17, 15) is 0 Å². The van der Waals surface area contributed by atoms with Crippen LogP contribution in [0.5, 0.6) is 0 Å². The van der Waals surface area contributed by atoms with Crippen LogP contribution in [0.25, 0.3) is 0 Å². The van der Waals surface area contributed by atoms with E-state index < -0.39 is 0 Å². The van der Waals surface area contributed by atoms with Crippen LogP contribution in [0.1, 0.15) is 12.5 Å². The molecule has 2 aromatic carbocycles. The van der Waals surface area contributed by atoms with Crippen molar-refractivity contribution in [2.75, 3.05) is 0 Å². The number of nitrogens with zero attached hydrogens (tertiary/aromatic N) is 1. The van der Waals surface area contributed by atoms with Crippen molar-refractivity contribution in [1.82, 2.24) is 0 Å². The quantitative estimate of drug-likeness (QED) is 0.501. The van der Waals surface area contributed by atoms with E-state index in [0.717, 1.165) is 10.5 Å². The van der Waals surface area contributed by atoms with E-state index in [0.29, 0.717) is 5.71 Å². The maximum atomic E-state index is 8.86. The SMILES string of the molecule is C/C(=N\O)c1ccccc1Sc1ccccc1. The molecular weight excluding hydrogens is 230 g/mol. The Labute approximate surface area is 105 Å². The van der Waals surface area contributed by atoms with E-state index in [-0.39, 0.29) is 0 Å². The first kappa shape index (κ1) is 11.7. The predicted octanol–water partition coefficient (Wildman–Crippen LogP) is 4.04. The topological polar surface area (TPSA) is 32.6 Å². The van der Waals surface area contributed by atoms with E-state index in [1.807, 2.05) is 42.5 Å². The second-order valence-electron chi connectivity index (χ2n) is 3.60. The van der Waals surface area contributed by atoms with Gasteiger partial charge in [-0.3, -0.25) is 0 Å². The summed E-state index contributed by atoms with van der Waals surface area (Å²) < 4.78 is 0. The van der Waals surface area contributed by atoms with Crippen LogP contribution in [-0.2, 0) is 0 Å². The molecule has 0 saturated heterocycles. The normalized spacial score (nSPS) is 11.5. The van der Waals surface area contributed by atoms with Gasteiger partial charge in [0.25, 0.3) is 0 Å². The first-order chi connectivity index (χ1) is 8.31. The average Bonchev–Trinajstić information content (AvgIpc) is 2.40. The minimum Gasteiger partial charge on any atom is -0.411 e. The molecular formula is C14H13NOS. The zero-order chi connectivity index (χ0) is 12.1. The summed E-state index contributed by atoms with van der Waals surface area (Å²) in [5.74, 6) is 0. The van der Waals surface area contributed by atoms with Crippen LogP contribution in [0.4, 0.5) is 0 Å². The molecule has 17 heavy (non-hydrogen) atoms. The number of hydrogen-bond donors (Lipinski definition) is 1. The molecule has 0 radical (unpaired) electrons. The molecule has 0 saturated carbocycles. The van der Waals surface area contributed by atoms with Gasteiger partial charge in [0.1, 0.15) is 0 Å². The van der Waals surface area contributed by atoms with Crippen molar-refractivity contribution in [3.63, 3.8) is 0 Å². The molecule has 0 bridgehead atoms. The molecule has 0 spiro atoms. The molecule has 86 valence electrons. The molecule has 2 aromatic rings. The van der Waals surface area contributed by atoms with Crippen molar-refractivity contribution in [1.29, 1.82) is 0 Å². The average molecular weight is 243 g/mol. The summed E-state index contributed by atoms with van der Waals surface area (Å²) in [6.07, 6.45) is 0. The second kappa shape index (κ2) is 5.55. The Morgan fingerprint density at radius 2 is 1.65 bits per heavy atom. The Bertz CT molecular complexity index is 523. The molecule has 0 aliphatic heterocycles. The van der Waals surface area contributed by atoms with Crippen LogP contribution in [0.2, 0.25) is 0 Å². The standard InChI is InChI=1S/C14H13NOS/c1-11(15-16)13-9-5-6-10-14(13)17-12-7-3-2-4-8-12/h2-10,16H,1H3/b15-11+. The third-order valence-corrected chi connectivity index (χ3v) is 3.48. The van der Waals surface area contributed by atoms with Gasteiger partial charge >= 0.3 is 0 Å². The molecule has 0 heterocycles. The van der Waals surface area contributed by atoms with Crippen LogP contribution in [-0.4, -0.2) is 10.9 Å². The van der Waals surface area contributed by atoms with Crippen molar-refractivity contribution in [3.05, 3.63) is 60.2 Å². The fraction of sp³-hybridized carbons (Fsp3) is 0.0714. The Balaban J connectivity index is 2.33. The minimum atomic E-state index is 0.629. The fourth-order valence-corrected chi connectivity index (χ4v) is 2.54. The molecule has 0 amide bonds. The van der Waals surface area contributed by atoms with Crippen LogP contribution in [0.15, 0.2) is 69.5 Å². The lowest BCUT2D eigenvalue weighted by Gasteiger charge is -2.07. The van der Waals surface area contributed by atoms with Gasteiger partial charge < -0.3 is 5.21 Å². The zero-order valence-corrected chi connectivity index (χ0v) is 10.3. The van der Waals surface area contributed by atoms with Gasteiger partial charge in [-0.15, -0.1) is 0 Å². The second-order valence-corrected chi connectivity index (χ2v) is 4.71. The Kier molecular flexibility index (Phi) is 3.83. The lowest BCUT2D eigenvalue weighted by atomic mass is 10.1. The van der Waals surface area contributed by atoms with Gasteiger partial charge in [0.15, 0.2) is 0 Å². The van der Waals surface area contributed by atoms with Crippen molar-refractivity contribution in [3.8, 4) is 0 Å². The Hall–Kier alpha value is -1.74. The van der Waals surface area contributed by atoms with Gasteiger partial charge in [0.2, 0.25) is 0 Å². The minimum absolute atomic E-state index is 0.629. The molecule has 0 aliphatic carbocycles. The maximum Gasteiger partial charge on any atom is 0.0848 e. The highest BCUT2D eigenvalue weighted by Gasteiger charge is 2.06. The van der Waals surface area contributed by atoms with E-state index >= 15 is 0 Å². The number of oxime groups is 1. The summed E-state index contributed by atoms with van der Waals surface area (Å²) in [5.41, 5.74) is 1.59. The molecule has 1 N–H and O–H groups in total. The van der Waals surface area contributed by atoms with Crippen LogP contribution in [0.3, 0.4) is 0 Å². The van der Waals surface area contributed by atoms with Crippen molar-refractivity contribution in [2.24, 2.45) is 5.16 Å². The van der Waals surface area contributed by atoms with E-state index in [2.05, 4.69) is 17.3 Å². The zero-order valence-electron chi connectivity index (χ0n) is 9.50. The monoisotopic (exact) mass is 243 g/mol. The summed E-state index contributed by atoms with van der Waals surface area (Å²) in [6, 6.07) is 18.1. The van der Waals surface area contributed by atoms with Gasteiger partial charge in [0, 0.05) is 15.4 Å². The Morgan fingerprint density at radius 1 is 1.00 bits per heavy atom.